The molecule has 2 atom stereocenters. The van der Waals surface area contributed by atoms with E-state index in [2.05, 4.69) is 5.32 Å². The summed E-state index contributed by atoms with van der Waals surface area (Å²) >= 11 is 0. The number of ether oxygens (including phenoxy) is 1. The van der Waals surface area contributed by atoms with Gasteiger partial charge in [0.2, 0.25) is 5.75 Å². The van der Waals surface area contributed by atoms with Gasteiger partial charge in [-0.2, -0.15) is 0 Å². The fourth-order valence-corrected chi connectivity index (χ4v) is 1.93. The van der Waals surface area contributed by atoms with Crippen molar-refractivity contribution in [3.05, 3.63) is 33.9 Å². The van der Waals surface area contributed by atoms with Crippen LogP contribution in [0.3, 0.4) is 0 Å². The summed E-state index contributed by atoms with van der Waals surface area (Å²) in [5, 5.41) is 22.8. The van der Waals surface area contributed by atoms with Crippen molar-refractivity contribution >= 4 is 11.6 Å². The Kier molecular flexibility index (Phi) is 5.45. The first kappa shape index (κ1) is 15.9. The van der Waals surface area contributed by atoms with Crippen molar-refractivity contribution in [1.29, 1.82) is 0 Å². The number of nitro groups is 1. The average molecular weight is 282 g/mol. The van der Waals surface area contributed by atoms with Crippen molar-refractivity contribution in [2.75, 3.05) is 7.11 Å². The van der Waals surface area contributed by atoms with Crippen LogP contribution in [-0.4, -0.2) is 35.2 Å². The number of carbonyl (C=O) groups excluding carboxylic acids is 1. The van der Waals surface area contributed by atoms with Gasteiger partial charge >= 0.3 is 5.69 Å². The summed E-state index contributed by atoms with van der Waals surface area (Å²) in [6.07, 6.45) is -0.152. The summed E-state index contributed by atoms with van der Waals surface area (Å²) in [6.45, 7) is 3.37. The molecule has 110 valence electrons. The number of amides is 1. The van der Waals surface area contributed by atoms with E-state index in [9.17, 15) is 20.0 Å². The molecule has 1 aromatic rings. The molecule has 0 aliphatic heterocycles. The molecule has 20 heavy (non-hydrogen) atoms. The zero-order chi connectivity index (χ0) is 15.3. The van der Waals surface area contributed by atoms with Crippen molar-refractivity contribution in [2.24, 2.45) is 0 Å². The molecule has 0 spiro atoms. The maximum Gasteiger partial charge on any atom is 0.311 e. The van der Waals surface area contributed by atoms with Crippen molar-refractivity contribution in [1.82, 2.24) is 5.32 Å². The molecule has 0 bridgehead atoms. The summed E-state index contributed by atoms with van der Waals surface area (Å²) in [4.78, 5) is 22.4. The number of hydrogen-bond acceptors (Lipinski definition) is 5. The van der Waals surface area contributed by atoms with E-state index in [1.54, 1.807) is 13.8 Å². The molecule has 2 unspecified atom stereocenters. The lowest BCUT2D eigenvalue weighted by atomic mass is 10.1. The second-order valence-electron chi connectivity index (χ2n) is 4.57. The van der Waals surface area contributed by atoms with E-state index in [1.807, 2.05) is 0 Å². The number of nitrogens with one attached hydrogen (secondary N) is 1. The smallest absolute Gasteiger partial charge is 0.311 e. The molecule has 1 rings (SSSR count). The molecule has 0 fully saturated rings. The highest BCUT2D eigenvalue weighted by Gasteiger charge is 2.23. The molecule has 2 N–H and O–H groups in total. The van der Waals surface area contributed by atoms with Gasteiger partial charge in [-0.25, -0.2) is 0 Å². The van der Waals surface area contributed by atoms with Gasteiger partial charge in [0.15, 0.2) is 0 Å². The monoisotopic (exact) mass is 282 g/mol. The SMILES string of the molecule is COc1c(C(=O)NC(C)CC(C)O)cccc1[N+](=O)[O-]. The molecule has 0 aromatic heterocycles. The van der Waals surface area contributed by atoms with Crippen LogP contribution in [0.1, 0.15) is 30.6 Å². The first-order valence-electron chi connectivity index (χ1n) is 6.17. The summed E-state index contributed by atoms with van der Waals surface area (Å²) in [7, 11) is 1.28. The lowest BCUT2D eigenvalue weighted by molar-refractivity contribution is -0.385. The van der Waals surface area contributed by atoms with Crippen LogP contribution >= 0.6 is 0 Å². The van der Waals surface area contributed by atoms with E-state index in [0.29, 0.717) is 6.42 Å². The lowest BCUT2D eigenvalue weighted by Crippen LogP contribution is -2.34. The predicted octanol–water partition coefficient (Wildman–Crippen LogP) is 1.49. The van der Waals surface area contributed by atoms with Gasteiger partial charge in [0.05, 0.1) is 23.7 Å². The molecule has 0 saturated heterocycles. The van der Waals surface area contributed by atoms with Crippen LogP contribution in [0.15, 0.2) is 18.2 Å². The van der Waals surface area contributed by atoms with E-state index in [4.69, 9.17) is 4.74 Å². The van der Waals surface area contributed by atoms with Crippen molar-refractivity contribution in [2.45, 2.75) is 32.4 Å². The van der Waals surface area contributed by atoms with Crippen LogP contribution in [0.5, 0.6) is 5.75 Å². The highest BCUT2D eigenvalue weighted by Crippen LogP contribution is 2.30. The van der Waals surface area contributed by atoms with Crippen LogP contribution in [0, 0.1) is 10.1 Å². The molecule has 0 aliphatic carbocycles. The van der Waals surface area contributed by atoms with Gasteiger partial charge in [-0.05, 0) is 26.3 Å². The van der Waals surface area contributed by atoms with Crippen molar-refractivity contribution < 1.29 is 19.6 Å². The van der Waals surface area contributed by atoms with Crippen LogP contribution in [0.25, 0.3) is 0 Å². The zero-order valence-electron chi connectivity index (χ0n) is 11.6. The number of aliphatic hydroxyl groups excluding tert-OH is 1. The van der Waals surface area contributed by atoms with E-state index in [-0.39, 0.29) is 23.0 Å². The first-order chi connectivity index (χ1) is 9.36. The topological polar surface area (TPSA) is 102 Å². The summed E-state index contributed by atoms with van der Waals surface area (Å²) in [5.74, 6) is -0.544. The van der Waals surface area contributed by atoms with Crippen LogP contribution in [-0.2, 0) is 0 Å². The Labute approximate surface area is 116 Å². The Bertz CT molecular complexity index is 502. The summed E-state index contributed by atoms with van der Waals surface area (Å²) < 4.78 is 4.97. The van der Waals surface area contributed by atoms with E-state index >= 15 is 0 Å². The maximum absolute atomic E-state index is 12.1. The lowest BCUT2D eigenvalue weighted by Gasteiger charge is -2.16. The number of methoxy groups -OCH3 is 1. The molecular formula is C13H18N2O5. The average Bonchev–Trinajstić information content (AvgIpc) is 2.36. The molecule has 0 saturated carbocycles. The Morgan fingerprint density at radius 2 is 2.15 bits per heavy atom. The number of nitrogens with zero attached hydrogens (tertiary/aromatic N) is 1. The third-order valence-corrected chi connectivity index (χ3v) is 2.71. The van der Waals surface area contributed by atoms with E-state index in [1.165, 1.54) is 25.3 Å². The maximum atomic E-state index is 12.1. The zero-order valence-corrected chi connectivity index (χ0v) is 11.6. The predicted molar refractivity (Wildman–Crippen MR) is 72.9 cm³/mol. The molecular weight excluding hydrogens is 264 g/mol. The van der Waals surface area contributed by atoms with Crippen LogP contribution < -0.4 is 10.1 Å². The van der Waals surface area contributed by atoms with Gasteiger partial charge in [-0.15, -0.1) is 0 Å². The fraction of sp³-hybridized carbons (Fsp3) is 0.462. The van der Waals surface area contributed by atoms with Gasteiger partial charge in [-0.3, -0.25) is 14.9 Å². The molecule has 0 heterocycles. The number of hydrogen-bond donors (Lipinski definition) is 2. The molecule has 1 aromatic carbocycles. The Hall–Kier alpha value is -2.15. The van der Waals surface area contributed by atoms with Crippen molar-refractivity contribution in [3.8, 4) is 5.75 Å². The minimum Gasteiger partial charge on any atom is -0.490 e. The van der Waals surface area contributed by atoms with Gasteiger partial charge in [0, 0.05) is 12.1 Å². The minimum absolute atomic E-state index is 0.0701. The largest absolute Gasteiger partial charge is 0.490 e. The third-order valence-electron chi connectivity index (χ3n) is 2.71. The molecule has 7 nitrogen and oxygen atoms in total. The molecule has 7 heteroatoms. The highest BCUT2D eigenvalue weighted by molar-refractivity contribution is 5.98. The second kappa shape index (κ2) is 6.85. The van der Waals surface area contributed by atoms with Gasteiger partial charge in [-0.1, -0.05) is 6.07 Å². The number of carbonyl (C=O) groups is 1. The van der Waals surface area contributed by atoms with Crippen LogP contribution in [0.2, 0.25) is 0 Å². The van der Waals surface area contributed by atoms with Crippen LogP contribution in [0.4, 0.5) is 5.69 Å². The Morgan fingerprint density at radius 3 is 2.65 bits per heavy atom. The molecule has 0 aliphatic rings. The molecule has 0 radical (unpaired) electrons. The van der Waals surface area contributed by atoms with E-state index in [0.717, 1.165) is 0 Å². The molecule has 1 amide bonds. The number of rotatable bonds is 6. The van der Waals surface area contributed by atoms with Gasteiger partial charge in [0.1, 0.15) is 0 Å². The Morgan fingerprint density at radius 1 is 1.50 bits per heavy atom. The summed E-state index contributed by atoms with van der Waals surface area (Å²) in [6, 6.07) is 3.89. The standard InChI is InChI=1S/C13H18N2O5/c1-8(7-9(2)16)14-13(17)10-5-4-6-11(15(18)19)12(10)20-3/h4-6,8-9,16H,7H2,1-3H3,(H,14,17). The highest BCUT2D eigenvalue weighted by atomic mass is 16.6. The van der Waals surface area contributed by atoms with Crippen molar-refractivity contribution in [3.63, 3.8) is 0 Å². The van der Waals surface area contributed by atoms with Gasteiger partial charge in [0.25, 0.3) is 5.91 Å². The number of nitro benzene ring substituents is 1. The van der Waals surface area contributed by atoms with Gasteiger partial charge < -0.3 is 15.2 Å². The number of benzene rings is 1. The number of para-hydroxylation sites is 1. The quantitative estimate of drug-likeness (QED) is 0.608. The normalized spacial score (nSPS) is 13.4. The summed E-state index contributed by atoms with van der Waals surface area (Å²) in [5.41, 5.74) is -0.164. The number of aliphatic hydroxyl groups is 1. The second-order valence-corrected chi connectivity index (χ2v) is 4.57. The first-order valence-corrected chi connectivity index (χ1v) is 6.17. The third kappa shape index (κ3) is 3.92. The fourth-order valence-electron chi connectivity index (χ4n) is 1.93. The Balaban J connectivity index is 2.98. The van der Waals surface area contributed by atoms with E-state index < -0.39 is 16.9 Å². The minimum atomic E-state index is -0.602.